The summed E-state index contributed by atoms with van der Waals surface area (Å²) in [4.78, 5) is 40.5. The van der Waals surface area contributed by atoms with E-state index in [-0.39, 0.29) is 5.56 Å². The van der Waals surface area contributed by atoms with Gasteiger partial charge in [0.1, 0.15) is 11.6 Å². The molecule has 3 aromatic rings. The molecule has 29 heavy (non-hydrogen) atoms. The summed E-state index contributed by atoms with van der Waals surface area (Å²) in [6.45, 7) is 0. The normalized spacial score (nSPS) is 10.1. The van der Waals surface area contributed by atoms with Gasteiger partial charge in [0.05, 0.1) is 18.4 Å². The molecule has 0 atom stereocenters. The van der Waals surface area contributed by atoms with Crippen LogP contribution in [-0.2, 0) is 0 Å². The van der Waals surface area contributed by atoms with Gasteiger partial charge in [-0.2, -0.15) is 0 Å². The van der Waals surface area contributed by atoms with Crippen LogP contribution in [0.5, 0.6) is 5.75 Å². The molecule has 8 nitrogen and oxygen atoms in total. The third-order valence-corrected chi connectivity index (χ3v) is 4.06. The first-order valence-corrected chi connectivity index (χ1v) is 8.59. The third-order valence-electron chi connectivity index (χ3n) is 4.06. The highest BCUT2D eigenvalue weighted by Crippen LogP contribution is 2.24. The molecular formula is C21H18N4O4. The summed E-state index contributed by atoms with van der Waals surface area (Å²) in [6.07, 6.45) is 1.56. The zero-order chi connectivity index (χ0) is 20.8. The predicted octanol–water partition coefficient (Wildman–Crippen LogP) is 2.69. The number of benzene rings is 2. The summed E-state index contributed by atoms with van der Waals surface area (Å²) in [6, 6.07) is 15.7. The van der Waals surface area contributed by atoms with Gasteiger partial charge in [-0.25, -0.2) is 4.98 Å². The van der Waals surface area contributed by atoms with Crippen LogP contribution in [0.3, 0.4) is 0 Å². The van der Waals surface area contributed by atoms with Gasteiger partial charge in [0.25, 0.3) is 11.8 Å². The molecule has 1 heterocycles. The molecule has 146 valence electrons. The van der Waals surface area contributed by atoms with Gasteiger partial charge in [0.15, 0.2) is 0 Å². The fourth-order valence-electron chi connectivity index (χ4n) is 2.55. The SMILES string of the molecule is COc1ccc(NC(=O)c2ccc(C(N)=O)cc2)c(C(=O)Nc2ccccn2)c1. The van der Waals surface area contributed by atoms with Crippen LogP contribution in [0.15, 0.2) is 66.9 Å². The molecule has 1 aromatic heterocycles. The molecule has 0 fully saturated rings. The highest BCUT2D eigenvalue weighted by atomic mass is 16.5. The van der Waals surface area contributed by atoms with Gasteiger partial charge >= 0.3 is 0 Å². The lowest BCUT2D eigenvalue weighted by atomic mass is 10.1. The van der Waals surface area contributed by atoms with Crippen molar-refractivity contribution >= 4 is 29.2 Å². The standard InChI is InChI=1S/C21H18N4O4/c1-29-15-9-10-17(16(12-15)21(28)25-18-4-2-3-11-23-18)24-20(27)14-7-5-13(6-8-14)19(22)26/h2-12H,1H3,(H2,22,26)(H,24,27)(H,23,25,28). The summed E-state index contributed by atoms with van der Waals surface area (Å²) in [5.74, 6) is -0.653. The van der Waals surface area contributed by atoms with Crippen LogP contribution in [0.1, 0.15) is 31.1 Å². The first-order chi connectivity index (χ1) is 14.0. The molecule has 0 radical (unpaired) electrons. The summed E-state index contributed by atoms with van der Waals surface area (Å²) < 4.78 is 5.18. The van der Waals surface area contributed by atoms with Crippen LogP contribution in [0, 0.1) is 0 Å². The Kier molecular flexibility index (Phi) is 5.84. The number of rotatable bonds is 6. The van der Waals surface area contributed by atoms with Gasteiger partial charge in [-0.15, -0.1) is 0 Å². The Morgan fingerprint density at radius 3 is 2.24 bits per heavy atom. The van der Waals surface area contributed by atoms with E-state index in [9.17, 15) is 14.4 Å². The molecule has 0 aliphatic heterocycles. The maximum Gasteiger partial charge on any atom is 0.259 e. The molecule has 3 rings (SSSR count). The van der Waals surface area contributed by atoms with Crippen LogP contribution < -0.4 is 21.1 Å². The Bertz CT molecular complexity index is 1050. The molecule has 2 aromatic carbocycles. The number of pyridine rings is 1. The van der Waals surface area contributed by atoms with E-state index >= 15 is 0 Å². The molecule has 0 saturated heterocycles. The summed E-state index contributed by atoms with van der Waals surface area (Å²) in [7, 11) is 1.48. The molecular weight excluding hydrogens is 372 g/mol. The highest BCUT2D eigenvalue weighted by molar-refractivity contribution is 6.12. The number of anilines is 2. The number of carbonyl (C=O) groups is 3. The maximum absolute atomic E-state index is 12.7. The van der Waals surface area contributed by atoms with Crippen molar-refractivity contribution in [3.8, 4) is 5.75 Å². The van der Waals surface area contributed by atoms with Crippen molar-refractivity contribution in [2.75, 3.05) is 17.7 Å². The van der Waals surface area contributed by atoms with E-state index < -0.39 is 17.7 Å². The summed E-state index contributed by atoms with van der Waals surface area (Å²) in [5.41, 5.74) is 6.31. The van der Waals surface area contributed by atoms with Crippen LogP contribution in [0.25, 0.3) is 0 Å². The predicted molar refractivity (Wildman–Crippen MR) is 108 cm³/mol. The molecule has 0 saturated carbocycles. The van der Waals surface area contributed by atoms with E-state index in [1.54, 1.807) is 36.5 Å². The quantitative estimate of drug-likeness (QED) is 0.597. The van der Waals surface area contributed by atoms with Gasteiger partial charge in [0.2, 0.25) is 5.91 Å². The van der Waals surface area contributed by atoms with Gasteiger partial charge in [-0.3, -0.25) is 14.4 Å². The van der Waals surface area contributed by atoms with E-state index in [2.05, 4.69) is 15.6 Å². The lowest BCUT2D eigenvalue weighted by Gasteiger charge is -2.13. The van der Waals surface area contributed by atoms with Crippen molar-refractivity contribution in [2.45, 2.75) is 0 Å². The molecule has 8 heteroatoms. The fraction of sp³-hybridized carbons (Fsp3) is 0.0476. The lowest BCUT2D eigenvalue weighted by Crippen LogP contribution is -2.19. The van der Waals surface area contributed by atoms with Crippen LogP contribution in [-0.4, -0.2) is 29.8 Å². The van der Waals surface area contributed by atoms with Crippen LogP contribution in [0.4, 0.5) is 11.5 Å². The van der Waals surface area contributed by atoms with Crippen LogP contribution in [0.2, 0.25) is 0 Å². The minimum absolute atomic E-state index is 0.206. The molecule has 0 aliphatic rings. The number of nitrogens with zero attached hydrogens (tertiary/aromatic N) is 1. The number of amides is 3. The number of hydrogen-bond acceptors (Lipinski definition) is 5. The summed E-state index contributed by atoms with van der Waals surface area (Å²) in [5, 5.41) is 5.38. The monoisotopic (exact) mass is 390 g/mol. The largest absolute Gasteiger partial charge is 0.497 e. The van der Waals surface area contributed by atoms with E-state index in [4.69, 9.17) is 10.5 Å². The van der Waals surface area contributed by atoms with E-state index in [0.717, 1.165) is 0 Å². The number of primary amides is 1. The van der Waals surface area contributed by atoms with Gasteiger partial charge in [-0.1, -0.05) is 6.07 Å². The Morgan fingerprint density at radius 2 is 1.62 bits per heavy atom. The lowest BCUT2D eigenvalue weighted by molar-refractivity contribution is 0.0993. The first kappa shape index (κ1) is 19.6. The van der Waals surface area contributed by atoms with Crippen molar-refractivity contribution in [3.05, 3.63) is 83.6 Å². The minimum atomic E-state index is -0.583. The molecule has 0 spiro atoms. The number of ether oxygens (including phenoxy) is 1. The number of aromatic nitrogens is 1. The molecule has 0 bridgehead atoms. The number of nitrogens with two attached hydrogens (primary N) is 1. The second kappa shape index (κ2) is 8.66. The van der Waals surface area contributed by atoms with Crippen molar-refractivity contribution in [2.24, 2.45) is 5.73 Å². The number of carbonyl (C=O) groups excluding carboxylic acids is 3. The molecule has 0 unspecified atom stereocenters. The number of methoxy groups -OCH3 is 1. The van der Waals surface area contributed by atoms with Crippen molar-refractivity contribution in [1.29, 1.82) is 0 Å². The maximum atomic E-state index is 12.7. The van der Waals surface area contributed by atoms with E-state index in [0.29, 0.717) is 28.4 Å². The zero-order valence-corrected chi connectivity index (χ0v) is 15.5. The average Bonchev–Trinajstić information content (AvgIpc) is 2.74. The average molecular weight is 390 g/mol. The van der Waals surface area contributed by atoms with E-state index in [1.807, 2.05) is 0 Å². The van der Waals surface area contributed by atoms with Crippen molar-refractivity contribution in [3.63, 3.8) is 0 Å². The third kappa shape index (κ3) is 4.75. The minimum Gasteiger partial charge on any atom is -0.497 e. The van der Waals surface area contributed by atoms with Crippen molar-refractivity contribution < 1.29 is 19.1 Å². The second-order valence-corrected chi connectivity index (χ2v) is 5.98. The van der Waals surface area contributed by atoms with E-state index in [1.165, 1.54) is 37.4 Å². The molecule has 0 aliphatic carbocycles. The fourth-order valence-corrected chi connectivity index (χ4v) is 2.55. The Balaban J connectivity index is 1.85. The topological polar surface area (TPSA) is 123 Å². The molecule has 4 N–H and O–H groups in total. The van der Waals surface area contributed by atoms with Gasteiger partial charge < -0.3 is 21.1 Å². The van der Waals surface area contributed by atoms with Gasteiger partial charge in [0, 0.05) is 17.3 Å². The molecule has 3 amide bonds. The van der Waals surface area contributed by atoms with Gasteiger partial charge in [-0.05, 0) is 54.6 Å². The zero-order valence-electron chi connectivity index (χ0n) is 15.5. The summed E-state index contributed by atoms with van der Waals surface area (Å²) >= 11 is 0. The smallest absolute Gasteiger partial charge is 0.259 e. The number of hydrogen-bond donors (Lipinski definition) is 3. The first-order valence-electron chi connectivity index (χ1n) is 8.59. The highest BCUT2D eigenvalue weighted by Gasteiger charge is 2.16. The Hall–Kier alpha value is -4.20. The Labute approximate surface area is 166 Å². The van der Waals surface area contributed by atoms with Crippen LogP contribution >= 0.6 is 0 Å². The Morgan fingerprint density at radius 1 is 0.897 bits per heavy atom. The number of nitrogens with one attached hydrogen (secondary N) is 2. The second-order valence-electron chi connectivity index (χ2n) is 5.98. The van der Waals surface area contributed by atoms with Crippen molar-refractivity contribution in [1.82, 2.24) is 4.98 Å².